The number of methoxy groups -OCH3 is 1. The first kappa shape index (κ1) is 17.3. The lowest BCUT2D eigenvalue weighted by molar-refractivity contribution is -0.145. The third-order valence-corrected chi connectivity index (χ3v) is 6.63. The third-order valence-electron chi connectivity index (χ3n) is 6.63. The van der Waals surface area contributed by atoms with Crippen LogP contribution in [0.3, 0.4) is 0 Å². The van der Waals surface area contributed by atoms with E-state index in [9.17, 15) is 14.7 Å². The summed E-state index contributed by atoms with van der Waals surface area (Å²) in [6.45, 7) is 0. The van der Waals surface area contributed by atoms with Gasteiger partial charge in [0.1, 0.15) is 5.69 Å². The number of ether oxygens (including phenoxy) is 1. The van der Waals surface area contributed by atoms with Gasteiger partial charge in [0.25, 0.3) is 11.8 Å². The molecule has 0 bridgehead atoms. The van der Waals surface area contributed by atoms with Gasteiger partial charge in [-0.05, 0) is 18.2 Å². The van der Waals surface area contributed by atoms with E-state index in [0.717, 1.165) is 26.7 Å². The Morgan fingerprint density at radius 3 is 2.27 bits per heavy atom. The van der Waals surface area contributed by atoms with Crippen molar-refractivity contribution in [3.8, 4) is 17.1 Å². The molecule has 1 saturated heterocycles. The monoisotopic (exact) mass is 401 g/mol. The summed E-state index contributed by atoms with van der Waals surface area (Å²) in [5.41, 5.74) is 1.44. The second-order valence-corrected chi connectivity index (χ2v) is 7.94. The van der Waals surface area contributed by atoms with Crippen molar-refractivity contribution in [1.29, 1.82) is 0 Å². The van der Waals surface area contributed by atoms with Crippen molar-refractivity contribution in [2.45, 2.75) is 11.6 Å². The topological polar surface area (TPSA) is 76.7 Å². The zero-order valence-corrected chi connectivity index (χ0v) is 16.7. The van der Waals surface area contributed by atoms with Crippen molar-refractivity contribution in [3.05, 3.63) is 54.1 Å². The summed E-state index contributed by atoms with van der Waals surface area (Å²) in [4.78, 5) is 27.6. The zero-order chi connectivity index (χ0) is 20.9. The number of rotatable bonds is 1. The van der Waals surface area contributed by atoms with Crippen LogP contribution in [0.4, 0.5) is 0 Å². The molecule has 2 aromatic carbocycles. The van der Waals surface area contributed by atoms with E-state index in [2.05, 4.69) is 0 Å². The van der Waals surface area contributed by atoms with Gasteiger partial charge in [0.2, 0.25) is 5.60 Å². The third kappa shape index (κ3) is 1.64. The maximum absolute atomic E-state index is 13.3. The molecule has 2 amide bonds. The second-order valence-electron chi connectivity index (χ2n) is 7.94. The van der Waals surface area contributed by atoms with Crippen molar-refractivity contribution in [3.63, 3.8) is 0 Å². The lowest BCUT2D eigenvalue weighted by atomic mass is 9.82. The van der Waals surface area contributed by atoms with Gasteiger partial charge in [-0.15, -0.1) is 0 Å². The van der Waals surface area contributed by atoms with Crippen LogP contribution < -0.4 is 4.74 Å². The van der Waals surface area contributed by atoms with E-state index in [4.69, 9.17) is 4.74 Å². The highest BCUT2D eigenvalue weighted by Crippen LogP contribution is 2.57. The fourth-order valence-electron chi connectivity index (χ4n) is 5.36. The van der Waals surface area contributed by atoms with E-state index >= 15 is 0 Å². The molecule has 150 valence electrons. The number of hydrogen-bond donors (Lipinski definition) is 1. The number of aromatic nitrogens is 2. The van der Waals surface area contributed by atoms with E-state index in [0.29, 0.717) is 22.7 Å². The Hall–Kier alpha value is -3.58. The molecular formula is C23H19N3O4. The molecule has 0 aliphatic carbocycles. The lowest BCUT2D eigenvalue weighted by Crippen LogP contribution is -2.43. The van der Waals surface area contributed by atoms with Gasteiger partial charge in [0, 0.05) is 35.9 Å². The summed E-state index contributed by atoms with van der Waals surface area (Å²) in [5, 5.41) is 13.6. The van der Waals surface area contributed by atoms with Gasteiger partial charge in [0.15, 0.2) is 11.8 Å². The molecule has 4 aromatic rings. The number of fused-ring (bicyclic) bond motifs is 10. The Morgan fingerprint density at radius 1 is 0.933 bits per heavy atom. The average Bonchev–Trinajstić information content (AvgIpc) is 3.30. The summed E-state index contributed by atoms with van der Waals surface area (Å²) in [7, 11) is 4.92. The fraction of sp³-hybridized carbons (Fsp3) is 0.217. The molecule has 2 atom stereocenters. The molecule has 7 heteroatoms. The van der Waals surface area contributed by atoms with Crippen LogP contribution >= 0.6 is 0 Å². The number of amides is 2. The lowest BCUT2D eigenvalue weighted by Gasteiger charge is -2.34. The maximum Gasteiger partial charge on any atom is 0.268 e. The normalized spacial score (nSPS) is 22.5. The van der Waals surface area contributed by atoms with Crippen LogP contribution in [0.25, 0.3) is 33.2 Å². The molecule has 0 saturated carbocycles. The number of imide groups is 1. The van der Waals surface area contributed by atoms with Crippen LogP contribution in [0.15, 0.2) is 48.5 Å². The Balaban J connectivity index is 1.92. The Kier molecular flexibility index (Phi) is 3.06. The van der Waals surface area contributed by atoms with Crippen LogP contribution in [0, 0.1) is 0 Å². The molecule has 1 fully saturated rings. The molecular weight excluding hydrogens is 382 g/mol. The summed E-state index contributed by atoms with van der Waals surface area (Å²) in [6, 6.07) is 14.1. The minimum atomic E-state index is -2.00. The number of likely N-dealkylation sites (tertiary alicyclic amines) is 1. The predicted molar refractivity (Wildman–Crippen MR) is 111 cm³/mol. The maximum atomic E-state index is 13.3. The van der Waals surface area contributed by atoms with E-state index in [1.807, 2.05) is 60.1 Å². The molecule has 30 heavy (non-hydrogen) atoms. The number of carbonyl (C=O) groups excluding carboxylic acids is 2. The van der Waals surface area contributed by atoms with Crippen LogP contribution in [0.2, 0.25) is 0 Å². The molecule has 4 heterocycles. The van der Waals surface area contributed by atoms with Gasteiger partial charge in [0.05, 0.1) is 18.3 Å². The molecule has 6 rings (SSSR count). The van der Waals surface area contributed by atoms with Crippen LogP contribution in [-0.4, -0.2) is 45.1 Å². The van der Waals surface area contributed by atoms with Crippen molar-refractivity contribution in [2.24, 2.45) is 7.05 Å². The number of nitrogens with zero attached hydrogens (tertiary/aromatic N) is 3. The number of likely N-dealkylation sites (N-methyl/N-ethyl adjacent to an activating group) is 1. The van der Waals surface area contributed by atoms with E-state index in [1.165, 1.54) is 7.05 Å². The average molecular weight is 401 g/mol. The highest BCUT2D eigenvalue weighted by Gasteiger charge is 2.64. The standard InChI is InChI=1S/C23H19N3O4/c1-24-14-10-6-4-8-12(14)16-17(24)18-19(30-3)13-9-5-7-11-15(13)26(18)20-21(27)25(2)22(28)23(16,20)29/h4-11,20,29H,1-3H3/t20?,23-/m0/s1. The Bertz CT molecular complexity index is 1430. The summed E-state index contributed by atoms with van der Waals surface area (Å²) in [6.07, 6.45) is 0. The molecule has 2 aliphatic heterocycles. The van der Waals surface area contributed by atoms with E-state index in [1.54, 1.807) is 11.7 Å². The number of aryl methyl sites for hydroxylation is 1. The van der Waals surface area contributed by atoms with Crippen LogP contribution in [0.1, 0.15) is 11.6 Å². The first-order chi connectivity index (χ1) is 14.4. The first-order valence-corrected chi connectivity index (χ1v) is 9.72. The van der Waals surface area contributed by atoms with Crippen molar-refractivity contribution >= 4 is 33.6 Å². The smallest absolute Gasteiger partial charge is 0.268 e. The van der Waals surface area contributed by atoms with Crippen LogP contribution in [-0.2, 0) is 22.2 Å². The Morgan fingerprint density at radius 2 is 1.57 bits per heavy atom. The molecule has 1 N–H and O–H groups in total. The van der Waals surface area contributed by atoms with Crippen molar-refractivity contribution in [2.75, 3.05) is 14.2 Å². The van der Waals surface area contributed by atoms with Gasteiger partial charge in [-0.3, -0.25) is 14.5 Å². The van der Waals surface area contributed by atoms with Gasteiger partial charge in [-0.25, -0.2) is 0 Å². The highest BCUT2D eigenvalue weighted by molar-refractivity contribution is 6.16. The molecule has 2 aliphatic rings. The number of benzene rings is 2. The van der Waals surface area contributed by atoms with E-state index < -0.39 is 23.5 Å². The van der Waals surface area contributed by atoms with Gasteiger partial charge >= 0.3 is 0 Å². The van der Waals surface area contributed by atoms with Crippen molar-refractivity contribution in [1.82, 2.24) is 14.0 Å². The summed E-state index contributed by atoms with van der Waals surface area (Å²) >= 11 is 0. The predicted octanol–water partition coefficient (Wildman–Crippen LogP) is 2.55. The quantitative estimate of drug-likeness (QED) is 0.498. The summed E-state index contributed by atoms with van der Waals surface area (Å²) in [5.74, 6) is -0.433. The fourth-order valence-corrected chi connectivity index (χ4v) is 5.36. The van der Waals surface area contributed by atoms with Crippen molar-refractivity contribution < 1.29 is 19.4 Å². The van der Waals surface area contributed by atoms with Gasteiger partial charge < -0.3 is 19.0 Å². The zero-order valence-electron chi connectivity index (χ0n) is 16.7. The second kappa shape index (κ2) is 5.31. The molecule has 0 radical (unpaired) electrons. The highest BCUT2D eigenvalue weighted by atomic mass is 16.5. The molecule has 1 unspecified atom stereocenters. The number of para-hydroxylation sites is 2. The largest absolute Gasteiger partial charge is 0.494 e. The minimum Gasteiger partial charge on any atom is -0.494 e. The molecule has 2 aromatic heterocycles. The number of aliphatic hydroxyl groups is 1. The Labute approximate surface area is 171 Å². The van der Waals surface area contributed by atoms with E-state index in [-0.39, 0.29) is 0 Å². The number of carbonyl (C=O) groups is 2. The SMILES string of the molecule is COc1c2n(c3ccccc13)C1C(=O)N(C)C(=O)[C@]1(O)c1c-2n(C)c2ccccc12. The van der Waals surface area contributed by atoms with Gasteiger partial charge in [-0.1, -0.05) is 30.3 Å². The number of hydrogen-bond acceptors (Lipinski definition) is 4. The first-order valence-electron chi connectivity index (χ1n) is 9.72. The minimum absolute atomic E-state index is 0.439. The molecule has 7 nitrogen and oxygen atoms in total. The van der Waals surface area contributed by atoms with Crippen LogP contribution in [0.5, 0.6) is 5.75 Å². The molecule has 0 spiro atoms. The van der Waals surface area contributed by atoms with Gasteiger partial charge in [-0.2, -0.15) is 0 Å². The summed E-state index contributed by atoms with van der Waals surface area (Å²) < 4.78 is 9.56.